The van der Waals surface area contributed by atoms with Crippen LogP contribution in [0.2, 0.25) is 0 Å². The summed E-state index contributed by atoms with van der Waals surface area (Å²) in [6.45, 7) is 8.05. The molecular formula is C14H26BrNO3. The van der Waals surface area contributed by atoms with Crippen LogP contribution in [0.3, 0.4) is 0 Å². The second-order valence-corrected chi connectivity index (χ2v) is 6.20. The molecule has 1 amide bonds. The van der Waals surface area contributed by atoms with Crippen LogP contribution in [-0.2, 0) is 14.3 Å². The molecule has 0 spiro atoms. The average Bonchev–Trinajstić information content (AvgIpc) is 2.64. The second-order valence-electron chi connectivity index (χ2n) is 5.41. The van der Waals surface area contributed by atoms with E-state index < -0.39 is 5.72 Å². The summed E-state index contributed by atoms with van der Waals surface area (Å²) in [6.07, 6.45) is 4.00. The summed E-state index contributed by atoms with van der Waals surface area (Å²) < 4.78 is 11.5. The lowest BCUT2D eigenvalue weighted by Crippen LogP contribution is -2.43. The van der Waals surface area contributed by atoms with Gasteiger partial charge in [0.05, 0.1) is 13.2 Å². The molecule has 4 nitrogen and oxygen atoms in total. The maximum atomic E-state index is 12.0. The first-order valence-corrected chi connectivity index (χ1v) is 8.25. The minimum atomic E-state index is -0.517. The van der Waals surface area contributed by atoms with Crippen LogP contribution >= 0.6 is 15.9 Å². The molecule has 0 saturated carbocycles. The van der Waals surface area contributed by atoms with E-state index in [0.717, 1.165) is 13.0 Å². The fraction of sp³-hybridized carbons (Fsp3) is 0.929. The number of amides is 1. The van der Waals surface area contributed by atoms with Gasteiger partial charge in [-0.05, 0) is 20.3 Å². The van der Waals surface area contributed by atoms with E-state index in [-0.39, 0.29) is 12.0 Å². The normalized spacial score (nSPS) is 21.9. The zero-order valence-electron chi connectivity index (χ0n) is 12.3. The number of unbranched alkanes of at least 4 members (excludes halogenated alkanes) is 2. The van der Waals surface area contributed by atoms with Gasteiger partial charge in [-0.25, -0.2) is 0 Å². The van der Waals surface area contributed by atoms with Crippen LogP contribution in [0.15, 0.2) is 0 Å². The smallest absolute Gasteiger partial charge is 0.225 e. The number of alkyl halides is 1. The zero-order chi connectivity index (χ0) is 14.3. The van der Waals surface area contributed by atoms with Gasteiger partial charge in [-0.1, -0.05) is 35.7 Å². The molecule has 1 saturated heterocycles. The molecule has 0 aliphatic carbocycles. The molecule has 1 atom stereocenters. The highest BCUT2D eigenvalue weighted by Gasteiger charge is 2.41. The molecule has 112 valence electrons. The first kappa shape index (κ1) is 16.9. The van der Waals surface area contributed by atoms with Crippen molar-refractivity contribution in [3.05, 3.63) is 0 Å². The lowest BCUT2D eigenvalue weighted by molar-refractivity contribution is -0.146. The van der Waals surface area contributed by atoms with Gasteiger partial charge in [-0.2, -0.15) is 0 Å². The highest BCUT2D eigenvalue weighted by atomic mass is 79.9. The van der Waals surface area contributed by atoms with Crippen molar-refractivity contribution >= 4 is 21.8 Å². The van der Waals surface area contributed by atoms with Gasteiger partial charge in [0.25, 0.3) is 0 Å². The third-order valence-corrected chi connectivity index (χ3v) is 3.69. The Kier molecular flexibility index (Phi) is 7.32. The van der Waals surface area contributed by atoms with E-state index in [1.807, 2.05) is 18.7 Å². The van der Waals surface area contributed by atoms with Crippen LogP contribution in [0.5, 0.6) is 0 Å². The van der Waals surface area contributed by atoms with Crippen molar-refractivity contribution in [1.82, 2.24) is 4.90 Å². The number of hydrogen-bond donors (Lipinski definition) is 0. The highest BCUT2D eigenvalue weighted by molar-refractivity contribution is 9.09. The molecule has 0 aromatic heterocycles. The predicted octanol–water partition coefficient (Wildman–Crippen LogP) is 2.94. The van der Waals surface area contributed by atoms with Gasteiger partial charge in [0.15, 0.2) is 0 Å². The van der Waals surface area contributed by atoms with Crippen LogP contribution in [0.4, 0.5) is 0 Å². The molecule has 0 radical (unpaired) electrons. The Labute approximate surface area is 124 Å². The van der Waals surface area contributed by atoms with E-state index in [9.17, 15) is 4.79 Å². The van der Waals surface area contributed by atoms with Crippen LogP contribution in [0, 0.1) is 0 Å². The fourth-order valence-corrected chi connectivity index (χ4v) is 2.64. The topological polar surface area (TPSA) is 38.8 Å². The molecule has 1 rings (SSSR count). The van der Waals surface area contributed by atoms with Crippen LogP contribution < -0.4 is 0 Å². The van der Waals surface area contributed by atoms with Crippen LogP contribution in [0.1, 0.15) is 46.5 Å². The monoisotopic (exact) mass is 335 g/mol. The first-order chi connectivity index (χ1) is 9.01. The predicted molar refractivity (Wildman–Crippen MR) is 79.4 cm³/mol. The summed E-state index contributed by atoms with van der Waals surface area (Å²) in [6, 6.07) is 0. The van der Waals surface area contributed by atoms with Crippen molar-refractivity contribution in [3.63, 3.8) is 0 Å². The number of carbonyl (C=O) groups excluding carboxylic acids is 1. The van der Waals surface area contributed by atoms with Crippen molar-refractivity contribution in [2.75, 3.05) is 25.1 Å². The Balaban J connectivity index is 2.34. The molecule has 1 unspecified atom stereocenters. The minimum Gasteiger partial charge on any atom is -0.379 e. The number of halogens is 1. The third-order valence-electron chi connectivity index (χ3n) is 3.30. The summed E-state index contributed by atoms with van der Waals surface area (Å²) in [5.41, 5.74) is -0.517. The zero-order valence-corrected chi connectivity index (χ0v) is 13.9. The summed E-state index contributed by atoms with van der Waals surface area (Å²) in [4.78, 5) is 13.8. The van der Waals surface area contributed by atoms with E-state index >= 15 is 0 Å². The number of ether oxygens (including phenoxy) is 2. The Morgan fingerprint density at radius 1 is 1.47 bits per heavy atom. The Bertz CT molecular complexity index is 284. The van der Waals surface area contributed by atoms with E-state index in [4.69, 9.17) is 9.47 Å². The Morgan fingerprint density at radius 2 is 2.21 bits per heavy atom. The largest absolute Gasteiger partial charge is 0.379 e. The lowest BCUT2D eigenvalue weighted by atomic mass is 10.2. The summed E-state index contributed by atoms with van der Waals surface area (Å²) in [5, 5.41) is 0.691. The van der Waals surface area contributed by atoms with Gasteiger partial charge in [0.2, 0.25) is 5.91 Å². The first-order valence-electron chi connectivity index (χ1n) is 7.13. The molecule has 5 heteroatoms. The van der Waals surface area contributed by atoms with E-state index in [2.05, 4.69) is 22.9 Å². The van der Waals surface area contributed by atoms with E-state index in [1.54, 1.807) is 0 Å². The van der Waals surface area contributed by atoms with Crippen LogP contribution in [0.25, 0.3) is 0 Å². The second kappa shape index (κ2) is 8.22. The van der Waals surface area contributed by atoms with Gasteiger partial charge >= 0.3 is 0 Å². The molecule has 0 aromatic rings. The quantitative estimate of drug-likeness (QED) is 0.505. The molecule has 1 aliphatic heterocycles. The molecule has 1 aliphatic rings. The summed E-state index contributed by atoms with van der Waals surface area (Å²) >= 11 is 3.30. The minimum absolute atomic E-state index is 0.00379. The van der Waals surface area contributed by atoms with Gasteiger partial charge < -0.3 is 14.4 Å². The summed E-state index contributed by atoms with van der Waals surface area (Å²) in [5.74, 6) is 0.135. The number of hydrogen-bond acceptors (Lipinski definition) is 3. The molecular weight excluding hydrogens is 310 g/mol. The van der Waals surface area contributed by atoms with Crippen molar-refractivity contribution in [2.45, 2.75) is 58.3 Å². The number of nitrogens with zero attached hydrogens (tertiary/aromatic N) is 1. The maximum absolute atomic E-state index is 12.0. The van der Waals surface area contributed by atoms with E-state index in [1.165, 1.54) is 12.8 Å². The molecule has 0 bridgehead atoms. The molecule has 0 aromatic carbocycles. The Hall–Kier alpha value is -0.130. The highest BCUT2D eigenvalue weighted by Crippen LogP contribution is 2.27. The van der Waals surface area contributed by atoms with E-state index in [0.29, 0.717) is 24.9 Å². The van der Waals surface area contributed by atoms with Crippen LogP contribution in [-0.4, -0.2) is 47.7 Å². The standard InChI is InChI=1S/C14H26BrNO3/c1-4-5-6-9-18-11-12-10-16(13(17)7-8-15)14(2,3)19-12/h12H,4-11H2,1-3H3. The van der Waals surface area contributed by atoms with Gasteiger partial charge in [-0.15, -0.1) is 0 Å². The number of rotatable bonds is 8. The van der Waals surface area contributed by atoms with Gasteiger partial charge in [0, 0.05) is 18.4 Å². The van der Waals surface area contributed by atoms with Gasteiger partial charge in [0.1, 0.15) is 11.8 Å². The van der Waals surface area contributed by atoms with Gasteiger partial charge in [-0.3, -0.25) is 4.79 Å². The van der Waals surface area contributed by atoms with Crippen molar-refractivity contribution in [1.29, 1.82) is 0 Å². The van der Waals surface area contributed by atoms with Crippen molar-refractivity contribution in [2.24, 2.45) is 0 Å². The summed E-state index contributed by atoms with van der Waals surface area (Å²) in [7, 11) is 0. The molecule has 0 N–H and O–H groups in total. The SMILES string of the molecule is CCCCCOCC1CN(C(=O)CCBr)C(C)(C)O1. The maximum Gasteiger partial charge on any atom is 0.225 e. The third kappa shape index (κ3) is 5.40. The molecule has 1 fully saturated rings. The molecule has 19 heavy (non-hydrogen) atoms. The van der Waals surface area contributed by atoms with Crippen molar-refractivity contribution < 1.29 is 14.3 Å². The molecule has 1 heterocycles. The number of carbonyl (C=O) groups is 1. The Morgan fingerprint density at radius 3 is 2.84 bits per heavy atom. The average molecular weight is 336 g/mol. The van der Waals surface area contributed by atoms with Crippen molar-refractivity contribution in [3.8, 4) is 0 Å². The lowest BCUT2D eigenvalue weighted by Gasteiger charge is -2.29. The fourth-order valence-electron chi connectivity index (χ4n) is 2.31.